The Kier molecular flexibility index (Phi) is 2.78. The van der Waals surface area contributed by atoms with Crippen LogP contribution in [0, 0.1) is 0 Å². The topological polar surface area (TPSA) is 55.3 Å². The third-order valence-electron chi connectivity index (χ3n) is 2.28. The SMILES string of the molecule is CON(C)C(=O)c1ccc2nccnc2c1. The van der Waals surface area contributed by atoms with Crippen LogP contribution in [0.25, 0.3) is 11.0 Å². The average Bonchev–Trinajstić information content (AvgIpc) is 2.36. The van der Waals surface area contributed by atoms with Crippen molar-refractivity contribution >= 4 is 16.9 Å². The van der Waals surface area contributed by atoms with E-state index in [-0.39, 0.29) is 5.91 Å². The Labute approximate surface area is 92.6 Å². The minimum atomic E-state index is -0.213. The molecule has 5 nitrogen and oxygen atoms in total. The highest BCUT2D eigenvalue weighted by molar-refractivity contribution is 5.96. The fraction of sp³-hybridized carbons (Fsp3) is 0.182. The predicted molar refractivity (Wildman–Crippen MR) is 58.6 cm³/mol. The molecule has 1 aromatic heterocycles. The molecule has 0 aliphatic carbocycles. The van der Waals surface area contributed by atoms with Gasteiger partial charge in [0, 0.05) is 25.0 Å². The molecule has 2 rings (SSSR count). The van der Waals surface area contributed by atoms with Gasteiger partial charge in [0.15, 0.2) is 0 Å². The summed E-state index contributed by atoms with van der Waals surface area (Å²) in [6.07, 6.45) is 3.21. The average molecular weight is 217 g/mol. The van der Waals surface area contributed by atoms with E-state index in [0.717, 1.165) is 10.6 Å². The lowest BCUT2D eigenvalue weighted by Gasteiger charge is -2.13. The Morgan fingerprint density at radius 3 is 2.62 bits per heavy atom. The summed E-state index contributed by atoms with van der Waals surface area (Å²) in [6.45, 7) is 0. The van der Waals surface area contributed by atoms with Crippen molar-refractivity contribution < 1.29 is 9.63 Å². The fourth-order valence-electron chi connectivity index (χ4n) is 1.36. The standard InChI is InChI=1S/C11H11N3O2/c1-14(16-2)11(15)8-3-4-9-10(7-8)13-6-5-12-9/h3-7H,1-2H3. The lowest BCUT2D eigenvalue weighted by atomic mass is 10.2. The molecule has 0 unspecified atom stereocenters. The molecular weight excluding hydrogens is 206 g/mol. The number of benzene rings is 1. The van der Waals surface area contributed by atoms with Crippen molar-refractivity contribution in [2.75, 3.05) is 14.2 Å². The maximum Gasteiger partial charge on any atom is 0.277 e. The van der Waals surface area contributed by atoms with Gasteiger partial charge in [-0.05, 0) is 18.2 Å². The monoisotopic (exact) mass is 217 g/mol. The number of hydroxylamine groups is 2. The van der Waals surface area contributed by atoms with Crippen LogP contribution in [0.1, 0.15) is 10.4 Å². The van der Waals surface area contributed by atoms with Crippen LogP contribution < -0.4 is 0 Å². The molecule has 5 heteroatoms. The van der Waals surface area contributed by atoms with E-state index in [9.17, 15) is 4.79 Å². The molecule has 0 fully saturated rings. The number of rotatable bonds is 2. The van der Waals surface area contributed by atoms with Gasteiger partial charge < -0.3 is 0 Å². The summed E-state index contributed by atoms with van der Waals surface area (Å²) in [5.74, 6) is -0.213. The van der Waals surface area contributed by atoms with Crippen molar-refractivity contribution in [2.24, 2.45) is 0 Å². The van der Waals surface area contributed by atoms with Crippen molar-refractivity contribution in [1.82, 2.24) is 15.0 Å². The molecule has 0 bridgehead atoms. The third-order valence-corrected chi connectivity index (χ3v) is 2.28. The number of carbonyl (C=O) groups is 1. The first-order valence-electron chi connectivity index (χ1n) is 4.75. The zero-order valence-corrected chi connectivity index (χ0v) is 9.04. The van der Waals surface area contributed by atoms with Crippen LogP contribution in [0.15, 0.2) is 30.6 Å². The van der Waals surface area contributed by atoms with E-state index in [1.54, 1.807) is 37.6 Å². The van der Waals surface area contributed by atoms with Gasteiger partial charge in [-0.2, -0.15) is 0 Å². The van der Waals surface area contributed by atoms with Crippen molar-refractivity contribution in [1.29, 1.82) is 0 Å². The molecular formula is C11H11N3O2. The molecule has 0 aliphatic rings. The smallest absolute Gasteiger partial charge is 0.274 e. The van der Waals surface area contributed by atoms with E-state index in [4.69, 9.17) is 4.84 Å². The van der Waals surface area contributed by atoms with E-state index in [0.29, 0.717) is 11.1 Å². The molecule has 0 spiro atoms. The Morgan fingerprint density at radius 2 is 1.94 bits per heavy atom. The highest BCUT2D eigenvalue weighted by atomic mass is 16.7. The largest absolute Gasteiger partial charge is 0.277 e. The Balaban J connectivity index is 2.43. The second-order valence-corrected chi connectivity index (χ2v) is 3.25. The van der Waals surface area contributed by atoms with Gasteiger partial charge in [0.1, 0.15) is 0 Å². The molecule has 0 saturated heterocycles. The molecule has 1 aromatic carbocycles. The minimum absolute atomic E-state index is 0.213. The first-order valence-corrected chi connectivity index (χ1v) is 4.75. The van der Waals surface area contributed by atoms with E-state index in [1.807, 2.05) is 0 Å². The summed E-state index contributed by atoms with van der Waals surface area (Å²) < 4.78 is 0. The minimum Gasteiger partial charge on any atom is -0.274 e. The fourth-order valence-corrected chi connectivity index (χ4v) is 1.36. The van der Waals surface area contributed by atoms with Crippen LogP contribution >= 0.6 is 0 Å². The lowest BCUT2D eigenvalue weighted by molar-refractivity contribution is -0.0756. The summed E-state index contributed by atoms with van der Waals surface area (Å²) in [7, 11) is 3.00. The molecule has 82 valence electrons. The zero-order chi connectivity index (χ0) is 11.5. The van der Waals surface area contributed by atoms with Crippen LogP contribution in [0.4, 0.5) is 0 Å². The van der Waals surface area contributed by atoms with E-state index in [1.165, 1.54) is 7.11 Å². The van der Waals surface area contributed by atoms with Crippen molar-refractivity contribution in [2.45, 2.75) is 0 Å². The van der Waals surface area contributed by atoms with Gasteiger partial charge in [0.05, 0.1) is 18.1 Å². The van der Waals surface area contributed by atoms with Crippen molar-refractivity contribution in [3.05, 3.63) is 36.2 Å². The molecule has 0 radical (unpaired) electrons. The molecule has 16 heavy (non-hydrogen) atoms. The highest BCUT2D eigenvalue weighted by Crippen LogP contribution is 2.12. The quantitative estimate of drug-likeness (QED) is 0.711. The Bertz CT molecular complexity index is 527. The van der Waals surface area contributed by atoms with Crippen LogP contribution in [0.2, 0.25) is 0 Å². The van der Waals surface area contributed by atoms with Gasteiger partial charge in [-0.15, -0.1) is 0 Å². The molecule has 0 aliphatic heterocycles. The summed E-state index contributed by atoms with van der Waals surface area (Å²) in [5, 5.41) is 1.16. The number of carbonyl (C=O) groups excluding carboxylic acids is 1. The molecule has 0 N–H and O–H groups in total. The highest BCUT2D eigenvalue weighted by Gasteiger charge is 2.11. The molecule has 0 saturated carbocycles. The van der Waals surface area contributed by atoms with Gasteiger partial charge in [-0.1, -0.05) is 0 Å². The maximum absolute atomic E-state index is 11.8. The van der Waals surface area contributed by atoms with Gasteiger partial charge in [0.25, 0.3) is 5.91 Å². The summed E-state index contributed by atoms with van der Waals surface area (Å²) >= 11 is 0. The van der Waals surface area contributed by atoms with Gasteiger partial charge in [0.2, 0.25) is 0 Å². The second-order valence-electron chi connectivity index (χ2n) is 3.25. The van der Waals surface area contributed by atoms with E-state index >= 15 is 0 Å². The van der Waals surface area contributed by atoms with E-state index in [2.05, 4.69) is 9.97 Å². The predicted octanol–water partition coefficient (Wildman–Crippen LogP) is 1.26. The number of amides is 1. The number of hydrogen-bond acceptors (Lipinski definition) is 4. The van der Waals surface area contributed by atoms with Crippen molar-refractivity contribution in [3.8, 4) is 0 Å². The third kappa shape index (κ3) is 1.85. The van der Waals surface area contributed by atoms with Crippen LogP contribution in [-0.4, -0.2) is 35.1 Å². The molecule has 2 aromatic rings. The first-order chi connectivity index (χ1) is 7.72. The number of fused-ring (bicyclic) bond motifs is 1. The molecule has 1 amide bonds. The van der Waals surface area contributed by atoms with Gasteiger partial charge in [-0.25, -0.2) is 5.06 Å². The van der Waals surface area contributed by atoms with Crippen LogP contribution in [-0.2, 0) is 4.84 Å². The van der Waals surface area contributed by atoms with Crippen molar-refractivity contribution in [3.63, 3.8) is 0 Å². The lowest BCUT2D eigenvalue weighted by Crippen LogP contribution is -2.25. The van der Waals surface area contributed by atoms with Crippen LogP contribution in [0.5, 0.6) is 0 Å². The Hall–Kier alpha value is -2.01. The number of nitrogens with zero attached hydrogens (tertiary/aromatic N) is 3. The normalized spacial score (nSPS) is 10.4. The summed E-state index contributed by atoms with van der Waals surface area (Å²) in [5.41, 5.74) is 1.98. The van der Waals surface area contributed by atoms with Crippen LogP contribution in [0.3, 0.4) is 0 Å². The molecule has 0 atom stereocenters. The maximum atomic E-state index is 11.8. The van der Waals surface area contributed by atoms with Gasteiger partial charge >= 0.3 is 0 Å². The number of aromatic nitrogens is 2. The summed E-state index contributed by atoms with van der Waals surface area (Å²) in [4.78, 5) is 24.9. The Morgan fingerprint density at radius 1 is 1.25 bits per heavy atom. The summed E-state index contributed by atoms with van der Waals surface area (Å²) in [6, 6.07) is 5.16. The van der Waals surface area contributed by atoms with E-state index < -0.39 is 0 Å². The zero-order valence-electron chi connectivity index (χ0n) is 9.04. The second kappa shape index (κ2) is 4.24. The van der Waals surface area contributed by atoms with Gasteiger partial charge in [-0.3, -0.25) is 19.6 Å². The molecule has 1 heterocycles. The first kappa shape index (κ1) is 10.5. The number of hydrogen-bond donors (Lipinski definition) is 0.